The molecule has 0 aromatic rings. The molecular formula is C8H15NO2. The summed E-state index contributed by atoms with van der Waals surface area (Å²) >= 11 is 0. The van der Waals surface area contributed by atoms with E-state index in [2.05, 4.69) is 10.1 Å². The van der Waals surface area contributed by atoms with E-state index in [0.717, 1.165) is 19.4 Å². The Morgan fingerprint density at radius 2 is 2.36 bits per heavy atom. The topological polar surface area (TPSA) is 38.3 Å². The molecule has 11 heavy (non-hydrogen) atoms. The number of rotatable bonds is 1. The first-order valence-electron chi connectivity index (χ1n) is 4.07. The molecule has 0 bridgehead atoms. The molecule has 0 saturated carbocycles. The van der Waals surface area contributed by atoms with Crippen molar-refractivity contribution in [3.63, 3.8) is 0 Å². The molecule has 0 spiro atoms. The molecule has 1 saturated heterocycles. The lowest BCUT2D eigenvalue weighted by atomic mass is 9.92. The lowest BCUT2D eigenvalue weighted by molar-refractivity contribution is -0.147. The van der Waals surface area contributed by atoms with Crippen LogP contribution in [-0.2, 0) is 9.53 Å². The minimum atomic E-state index is -0.0790. The van der Waals surface area contributed by atoms with Gasteiger partial charge in [0.1, 0.15) is 0 Å². The number of hydrogen-bond acceptors (Lipinski definition) is 3. The highest BCUT2D eigenvalue weighted by molar-refractivity contribution is 5.73. The average Bonchev–Trinajstić information content (AvgIpc) is 2.04. The van der Waals surface area contributed by atoms with Crippen molar-refractivity contribution in [2.24, 2.45) is 5.92 Å². The molecule has 3 nitrogen and oxygen atoms in total. The Hall–Kier alpha value is -0.570. The van der Waals surface area contributed by atoms with Gasteiger partial charge in [0.05, 0.1) is 13.0 Å². The monoisotopic (exact) mass is 157 g/mol. The van der Waals surface area contributed by atoms with E-state index in [0.29, 0.717) is 0 Å². The summed E-state index contributed by atoms with van der Waals surface area (Å²) in [5.41, 5.74) is 0. The van der Waals surface area contributed by atoms with Crippen molar-refractivity contribution in [3.05, 3.63) is 0 Å². The number of methoxy groups -OCH3 is 1. The van der Waals surface area contributed by atoms with Crippen LogP contribution >= 0.6 is 0 Å². The van der Waals surface area contributed by atoms with Gasteiger partial charge in [-0.15, -0.1) is 0 Å². The van der Waals surface area contributed by atoms with Crippen molar-refractivity contribution in [3.8, 4) is 0 Å². The number of nitrogens with one attached hydrogen (secondary N) is 1. The van der Waals surface area contributed by atoms with Crippen LogP contribution in [0.1, 0.15) is 19.8 Å². The van der Waals surface area contributed by atoms with Crippen LogP contribution in [0.5, 0.6) is 0 Å². The zero-order valence-electron chi connectivity index (χ0n) is 7.09. The lowest BCUT2D eigenvalue weighted by Crippen LogP contribution is -2.43. The summed E-state index contributed by atoms with van der Waals surface area (Å²) in [5, 5.41) is 3.25. The molecule has 0 unspecified atom stereocenters. The fraction of sp³-hybridized carbons (Fsp3) is 0.875. The third kappa shape index (κ3) is 1.93. The van der Waals surface area contributed by atoms with E-state index in [4.69, 9.17) is 0 Å². The number of ether oxygens (including phenoxy) is 1. The van der Waals surface area contributed by atoms with Gasteiger partial charge < -0.3 is 10.1 Å². The van der Waals surface area contributed by atoms with Gasteiger partial charge in [0, 0.05) is 6.04 Å². The van der Waals surface area contributed by atoms with Crippen molar-refractivity contribution in [2.75, 3.05) is 13.7 Å². The highest BCUT2D eigenvalue weighted by Gasteiger charge is 2.27. The molecule has 0 aromatic carbocycles. The first kappa shape index (κ1) is 8.53. The molecule has 0 amide bonds. The van der Waals surface area contributed by atoms with Gasteiger partial charge in [0.25, 0.3) is 0 Å². The second-order valence-corrected chi connectivity index (χ2v) is 3.01. The van der Waals surface area contributed by atoms with Gasteiger partial charge in [-0.3, -0.25) is 4.79 Å². The molecule has 1 fully saturated rings. The summed E-state index contributed by atoms with van der Waals surface area (Å²) in [6.45, 7) is 3.05. The summed E-state index contributed by atoms with van der Waals surface area (Å²) < 4.78 is 4.68. The maximum atomic E-state index is 11.1. The second kappa shape index (κ2) is 3.72. The molecule has 3 heteroatoms. The third-order valence-corrected chi connectivity index (χ3v) is 2.27. The van der Waals surface area contributed by atoms with Gasteiger partial charge in [-0.1, -0.05) is 0 Å². The van der Waals surface area contributed by atoms with Crippen LogP contribution in [0.25, 0.3) is 0 Å². The Morgan fingerprint density at radius 3 is 2.91 bits per heavy atom. The number of carbonyl (C=O) groups is 1. The van der Waals surface area contributed by atoms with E-state index in [1.165, 1.54) is 7.11 Å². The van der Waals surface area contributed by atoms with Crippen LogP contribution in [0.3, 0.4) is 0 Å². The van der Waals surface area contributed by atoms with Crippen LogP contribution in [0, 0.1) is 5.92 Å². The van der Waals surface area contributed by atoms with Gasteiger partial charge in [-0.05, 0) is 26.3 Å². The summed E-state index contributed by atoms with van der Waals surface area (Å²) in [6, 6.07) is 0.274. The van der Waals surface area contributed by atoms with Crippen LogP contribution in [0.4, 0.5) is 0 Å². The van der Waals surface area contributed by atoms with Crippen molar-refractivity contribution < 1.29 is 9.53 Å². The summed E-state index contributed by atoms with van der Waals surface area (Å²) in [4.78, 5) is 11.1. The molecule has 1 heterocycles. The Kier molecular flexibility index (Phi) is 2.88. The summed E-state index contributed by atoms with van der Waals surface area (Å²) in [6.07, 6.45) is 2.03. The lowest BCUT2D eigenvalue weighted by Gasteiger charge is -2.27. The van der Waals surface area contributed by atoms with E-state index < -0.39 is 0 Å². The maximum absolute atomic E-state index is 11.1. The van der Waals surface area contributed by atoms with E-state index in [1.807, 2.05) is 6.92 Å². The molecular weight excluding hydrogens is 142 g/mol. The highest BCUT2D eigenvalue weighted by atomic mass is 16.5. The van der Waals surface area contributed by atoms with Gasteiger partial charge in [0.2, 0.25) is 0 Å². The fourth-order valence-electron chi connectivity index (χ4n) is 1.52. The highest BCUT2D eigenvalue weighted by Crippen LogP contribution is 2.16. The summed E-state index contributed by atoms with van der Waals surface area (Å²) in [7, 11) is 1.45. The van der Waals surface area contributed by atoms with Gasteiger partial charge in [-0.25, -0.2) is 0 Å². The third-order valence-electron chi connectivity index (χ3n) is 2.27. The molecule has 0 aliphatic carbocycles. The number of esters is 1. The zero-order chi connectivity index (χ0) is 8.27. The Morgan fingerprint density at radius 1 is 1.64 bits per heavy atom. The first-order chi connectivity index (χ1) is 5.25. The molecule has 1 rings (SSSR count). The van der Waals surface area contributed by atoms with Crippen LogP contribution in [0.2, 0.25) is 0 Å². The minimum absolute atomic E-state index is 0.0637. The molecule has 1 aliphatic rings. The van der Waals surface area contributed by atoms with Gasteiger partial charge >= 0.3 is 5.97 Å². The number of piperidine rings is 1. The maximum Gasteiger partial charge on any atom is 0.310 e. The Bertz CT molecular complexity index is 147. The SMILES string of the molecule is COC(=O)[C@@H]1CCCN[C@@H]1C. The quantitative estimate of drug-likeness (QED) is 0.565. The first-order valence-corrected chi connectivity index (χ1v) is 4.07. The van der Waals surface area contributed by atoms with E-state index >= 15 is 0 Å². The molecule has 2 atom stereocenters. The molecule has 0 aromatic heterocycles. The van der Waals surface area contributed by atoms with Crippen molar-refractivity contribution in [2.45, 2.75) is 25.8 Å². The molecule has 1 aliphatic heterocycles. The predicted octanol–water partition coefficient (Wildman–Crippen LogP) is 0.547. The minimum Gasteiger partial charge on any atom is -0.469 e. The molecule has 64 valence electrons. The van der Waals surface area contributed by atoms with E-state index in [-0.39, 0.29) is 17.9 Å². The normalized spacial score (nSPS) is 31.5. The second-order valence-electron chi connectivity index (χ2n) is 3.01. The van der Waals surface area contributed by atoms with Gasteiger partial charge in [0.15, 0.2) is 0 Å². The van der Waals surface area contributed by atoms with Crippen molar-refractivity contribution in [1.82, 2.24) is 5.32 Å². The largest absolute Gasteiger partial charge is 0.469 e. The molecule has 1 N–H and O–H groups in total. The standard InChI is InChI=1S/C8H15NO2/c1-6-7(8(10)11-2)4-3-5-9-6/h6-7,9H,3-5H2,1-2H3/t6-,7-/m1/s1. The van der Waals surface area contributed by atoms with Crippen LogP contribution in [-0.4, -0.2) is 25.7 Å². The van der Waals surface area contributed by atoms with E-state index in [1.54, 1.807) is 0 Å². The Labute approximate surface area is 67.1 Å². The number of carbonyl (C=O) groups excluding carboxylic acids is 1. The summed E-state index contributed by atoms with van der Waals surface area (Å²) in [5.74, 6) is -0.0153. The number of hydrogen-bond donors (Lipinski definition) is 1. The predicted molar refractivity (Wildman–Crippen MR) is 42.2 cm³/mol. The van der Waals surface area contributed by atoms with E-state index in [9.17, 15) is 4.79 Å². The Balaban J connectivity index is 2.47. The van der Waals surface area contributed by atoms with Crippen LogP contribution in [0.15, 0.2) is 0 Å². The van der Waals surface area contributed by atoms with Gasteiger partial charge in [-0.2, -0.15) is 0 Å². The van der Waals surface area contributed by atoms with Crippen molar-refractivity contribution >= 4 is 5.97 Å². The smallest absolute Gasteiger partial charge is 0.310 e. The molecule has 0 radical (unpaired) electrons. The zero-order valence-corrected chi connectivity index (χ0v) is 7.09. The van der Waals surface area contributed by atoms with Crippen LogP contribution < -0.4 is 5.32 Å². The fourth-order valence-corrected chi connectivity index (χ4v) is 1.52. The van der Waals surface area contributed by atoms with Crippen molar-refractivity contribution in [1.29, 1.82) is 0 Å². The average molecular weight is 157 g/mol.